The fourth-order valence-corrected chi connectivity index (χ4v) is 2.39. The zero-order valence-electron chi connectivity index (χ0n) is 9.29. The first kappa shape index (κ1) is 15.3. The number of hydrogen-bond acceptors (Lipinski definition) is 5. The van der Waals surface area contributed by atoms with Crippen molar-refractivity contribution in [2.24, 2.45) is 0 Å². The van der Waals surface area contributed by atoms with Crippen LogP contribution in [0.15, 0.2) is 0 Å². The van der Waals surface area contributed by atoms with Crippen molar-refractivity contribution < 1.29 is 28.2 Å². The molecule has 0 fully saturated rings. The first-order valence-corrected chi connectivity index (χ1v) is 6.19. The summed E-state index contributed by atoms with van der Waals surface area (Å²) in [6, 6.07) is 0. The Hall–Kier alpha value is -0.700. The molecule has 0 radical (unpaired) electrons. The number of hydrogen-bond donors (Lipinski definition) is 2. The molecule has 0 aromatic rings. The molecule has 0 spiro atoms. The van der Waals surface area contributed by atoms with Crippen LogP contribution >= 0.6 is 0 Å². The average molecular weight is 255 g/mol. The van der Waals surface area contributed by atoms with Gasteiger partial charge >= 0.3 is 5.97 Å². The van der Waals surface area contributed by atoms with E-state index >= 15 is 0 Å². The summed E-state index contributed by atoms with van der Waals surface area (Å²) in [5.74, 6) is -1.42. The van der Waals surface area contributed by atoms with Crippen molar-refractivity contribution in [3.63, 3.8) is 0 Å². The normalized spacial score (nSPS) is 14.0. The summed E-state index contributed by atoms with van der Waals surface area (Å²) in [6.45, 7) is 0.760. The van der Waals surface area contributed by atoms with Gasteiger partial charge in [0.2, 0.25) is 10.0 Å². The number of carbonyl (C=O) groups is 1. The van der Waals surface area contributed by atoms with Gasteiger partial charge in [0.05, 0.1) is 13.2 Å². The smallest absolute Gasteiger partial charge is 0.323 e. The summed E-state index contributed by atoms with van der Waals surface area (Å²) in [5.41, 5.74) is 0. The van der Waals surface area contributed by atoms with Crippen LogP contribution in [0.4, 0.5) is 0 Å². The number of ether oxygens (including phenoxy) is 1. The Kier molecular flexibility index (Phi) is 6.49. The maximum atomic E-state index is 11.7. The van der Waals surface area contributed by atoms with Crippen LogP contribution in [0.2, 0.25) is 0 Å². The Balaban J connectivity index is 4.81. The van der Waals surface area contributed by atoms with Gasteiger partial charge in [0.1, 0.15) is 0 Å². The summed E-state index contributed by atoms with van der Waals surface area (Å²) in [4.78, 5) is 10.6. The number of methoxy groups -OCH3 is 1. The van der Waals surface area contributed by atoms with Crippen LogP contribution in [0.3, 0.4) is 0 Å². The van der Waals surface area contributed by atoms with Crippen LogP contribution in [-0.4, -0.2) is 67.6 Å². The highest BCUT2D eigenvalue weighted by molar-refractivity contribution is 7.90. The number of nitrogens with zero attached hydrogens (tertiary/aromatic N) is 1. The molecule has 0 saturated heterocycles. The Bertz CT molecular complexity index is 314. The molecule has 2 N–H and O–H groups in total. The van der Waals surface area contributed by atoms with E-state index in [1.165, 1.54) is 7.11 Å². The largest absolute Gasteiger partial charge is 0.480 e. The van der Waals surface area contributed by atoms with Crippen molar-refractivity contribution in [3.8, 4) is 0 Å². The lowest BCUT2D eigenvalue weighted by Gasteiger charge is -2.22. The number of sulfonamides is 1. The van der Waals surface area contributed by atoms with E-state index in [2.05, 4.69) is 0 Å². The molecule has 8 heteroatoms. The highest BCUT2D eigenvalue weighted by Gasteiger charge is 2.33. The fourth-order valence-electron chi connectivity index (χ4n) is 1.02. The van der Waals surface area contributed by atoms with Crippen molar-refractivity contribution >= 4 is 16.0 Å². The Morgan fingerprint density at radius 3 is 2.38 bits per heavy atom. The molecular weight excluding hydrogens is 238 g/mol. The van der Waals surface area contributed by atoms with Gasteiger partial charge in [-0.3, -0.25) is 4.79 Å². The van der Waals surface area contributed by atoms with E-state index in [0.29, 0.717) is 0 Å². The number of aliphatic hydroxyl groups excluding tert-OH is 1. The third-order valence-corrected chi connectivity index (χ3v) is 4.23. The molecule has 96 valence electrons. The van der Waals surface area contributed by atoms with Gasteiger partial charge in [-0.2, -0.15) is 4.31 Å². The Morgan fingerprint density at radius 1 is 1.44 bits per heavy atom. The van der Waals surface area contributed by atoms with E-state index in [1.807, 2.05) is 0 Å². The van der Waals surface area contributed by atoms with Crippen molar-refractivity contribution in [1.82, 2.24) is 4.31 Å². The van der Waals surface area contributed by atoms with Crippen LogP contribution in [0, 0.1) is 0 Å². The van der Waals surface area contributed by atoms with Gasteiger partial charge in [0, 0.05) is 20.2 Å². The van der Waals surface area contributed by atoms with E-state index in [-0.39, 0.29) is 26.3 Å². The van der Waals surface area contributed by atoms with E-state index < -0.39 is 21.2 Å². The SMILES string of the molecule is COCCN(CCO)S(=O)(=O)C(C)C(=O)O. The van der Waals surface area contributed by atoms with Gasteiger partial charge in [-0.05, 0) is 6.92 Å². The van der Waals surface area contributed by atoms with E-state index in [1.54, 1.807) is 0 Å². The molecule has 0 aliphatic heterocycles. The second-order valence-corrected chi connectivity index (χ2v) is 5.39. The second-order valence-electron chi connectivity index (χ2n) is 3.14. The van der Waals surface area contributed by atoms with Crippen molar-refractivity contribution in [2.75, 3.05) is 33.4 Å². The average Bonchev–Trinajstić information content (AvgIpc) is 2.22. The molecule has 0 aliphatic rings. The highest BCUT2D eigenvalue weighted by Crippen LogP contribution is 2.08. The molecule has 0 aliphatic carbocycles. The Morgan fingerprint density at radius 2 is 2.00 bits per heavy atom. The lowest BCUT2D eigenvalue weighted by molar-refractivity contribution is -0.136. The molecule has 16 heavy (non-hydrogen) atoms. The van der Waals surface area contributed by atoms with Crippen molar-refractivity contribution in [3.05, 3.63) is 0 Å². The lowest BCUT2D eigenvalue weighted by atomic mass is 10.5. The summed E-state index contributed by atoms with van der Waals surface area (Å²) in [5, 5.41) is 15.9. The molecule has 1 unspecified atom stereocenters. The fraction of sp³-hybridized carbons (Fsp3) is 0.875. The first-order chi connectivity index (χ1) is 7.37. The van der Waals surface area contributed by atoms with Gasteiger partial charge in [0.25, 0.3) is 0 Å². The minimum atomic E-state index is -3.94. The van der Waals surface area contributed by atoms with Crippen molar-refractivity contribution in [2.45, 2.75) is 12.2 Å². The van der Waals surface area contributed by atoms with Crippen LogP contribution in [0.5, 0.6) is 0 Å². The van der Waals surface area contributed by atoms with Crippen molar-refractivity contribution in [1.29, 1.82) is 0 Å². The number of carboxylic acids is 1. The number of carboxylic acid groups (broad SMARTS) is 1. The van der Waals surface area contributed by atoms with Gasteiger partial charge in [-0.1, -0.05) is 0 Å². The van der Waals surface area contributed by atoms with Gasteiger partial charge in [-0.15, -0.1) is 0 Å². The predicted octanol–water partition coefficient (Wildman–Crippen LogP) is -1.27. The molecule has 0 heterocycles. The van der Waals surface area contributed by atoms with Gasteiger partial charge in [-0.25, -0.2) is 8.42 Å². The molecule has 1 atom stereocenters. The second kappa shape index (κ2) is 6.79. The minimum Gasteiger partial charge on any atom is -0.480 e. The summed E-state index contributed by atoms with van der Waals surface area (Å²) < 4.78 is 29.1. The number of rotatable bonds is 8. The lowest BCUT2D eigenvalue weighted by Crippen LogP contribution is -2.43. The maximum absolute atomic E-state index is 11.7. The first-order valence-electron chi connectivity index (χ1n) is 4.69. The summed E-state index contributed by atoms with van der Waals surface area (Å²) in [7, 11) is -2.53. The van der Waals surface area contributed by atoms with E-state index in [9.17, 15) is 13.2 Å². The predicted molar refractivity (Wildman–Crippen MR) is 56.6 cm³/mol. The van der Waals surface area contributed by atoms with Gasteiger partial charge in [0.15, 0.2) is 5.25 Å². The molecule has 0 aromatic carbocycles. The van der Waals surface area contributed by atoms with Crippen LogP contribution in [0.1, 0.15) is 6.92 Å². The monoisotopic (exact) mass is 255 g/mol. The van der Waals surface area contributed by atoms with E-state index in [0.717, 1.165) is 11.2 Å². The molecule has 7 nitrogen and oxygen atoms in total. The number of aliphatic hydroxyl groups is 1. The van der Waals surface area contributed by atoms with Crippen LogP contribution in [0.25, 0.3) is 0 Å². The maximum Gasteiger partial charge on any atom is 0.323 e. The Labute approximate surface area is 94.7 Å². The summed E-state index contributed by atoms with van der Waals surface area (Å²) >= 11 is 0. The zero-order valence-corrected chi connectivity index (χ0v) is 10.1. The highest BCUT2D eigenvalue weighted by atomic mass is 32.2. The molecule has 0 rings (SSSR count). The minimum absolute atomic E-state index is 0.0248. The molecule has 0 aromatic heterocycles. The molecule has 0 amide bonds. The summed E-state index contributed by atoms with van der Waals surface area (Å²) in [6.07, 6.45) is 0. The standard InChI is InChI=1S/C8H17NO6S/c1-7(8(11)12)16(13,14)9(3-5-10)4-6-15-2/h7,10H,3-6H2,1-2H3,(H,11,12). The third-order valence-electron chi connectivity index (χ3n) is 2.05. The van der Waals surface area contributed by atoms with Crippen LogP contribution in [-0.2, 0) is 19.6 Å². The third kappa shape index (κ3) is 4.05. The van der Waals surface area contributed by atoms with Crippen LogP contribution < -0.4 is 0 Å². The number of aliphatic carboxylic acids is 1. The molecule has 0 bridgehead atoms. The topological polar surface area (TPSA) is 104 Å². The quantitative estimate of drug-likeness (QED) is 0.560. The molecule has 0 saturated carbocycles. The zero-order chi connectivity index (χ0) is 12.8. The van der Waals surface area contributed by atoms with Gasteiger partial charge < -0.3 is 14.9 Å². The molecular formula is C8H17NO6S. The van der Waals surface area contributed by atoms with E-state index in [4.69, 9.17) is 14.9 Å².